The van der Waals surface area contributed by atoms with Crippen molar-refractivity contribution < 1.29 is 0 Å². The molecule has 0 bridgehead atoms. The van der Waals surface area contributed by atoms with Crippen LogP contribution in [0.5, 0.6) is 0 Å². The predicted octanol–water partition coefficient (Wildman–Crippen LogP) is 3.69. The van der Waals surface area contributed by atoms with E-state index in [-0.39, 0.29) is 0 Å². The molecule has 1 atom stereocenters. The normalized spacial score (nSPS) is 12.2. The molecular weight excluding hydrogens is 246 g/mol. The van der Waals surface area contributed by atoms with Crippen LogP contribution in [0.25, 0.3) is 0 Å². The van der Waals surface area contributed by atoms with Crippen LogP contribution in [0.15, 0.2) is 42.6 Å². The summed E-state index contributed by atoms with van der Waals surface area (Å²) >= 11 is 0. The van der Waals surface area contributed by atoms with E-state index in [9.17, 15) is 0 Å². The first-order valence-electron chi connectivity index (χ1n) is 7.11. The number of nitrogens with one attached hydrogen (secondary N) is 1. The minimum absolute atomic E-state index is 0.325. The highest BCUT2D eigenvalue weighted by Crippen LogP contribution is 2.23. The number of anilines is 2. The number of aryl methyl sites for hydroxylation is 1. The lowest BCUT2D eigenvalue weighted by atomic mass is 10.1. The van der Waals surface area contributed by atoms with Gasteiger partial charge < -0.3 is 10.2 Å². The van der Waals surface area contributed by atoms with Crippen molar-refractivity contribution in [1.29, 1.82) is 0 Å². The quantitative estimate of drug-likeness (QED) is 0.897. The Kier molecular flexibility index (Phi) is 4.74. The van der Waals surface area contributed by atoms with Crippen molar-refractivity contribution in [3.05, 3.63) is 53.7 Å². The summed E-state index contributed by atoms with van der Waals surface area (Å²) in [5.41, 5.74) is 3.71. The Labute approximate surface area is 121 Å². The lowest BCUT2D eigenvalue weighted by Gasteiger charge is -2.19. The van der Waals surface area contributed by atoms with Crippen molar-refractivity contribution in [2.24, 2.45) is 0 Å². The van der Waals surface area contributed by atoms with Crippen LogP contribution in [0.2, 0.25) is 0 Å². The van der Waals surface area contributed by atoms with Crippen molar-refractivity contribution in [2.45, 2.75) is 26.3 Å². The van der Waals surface area contributed by atoms with E-state index in [0.717, 1.165) is 17.9 Å². The molecule has 1 aromatic carbocycles. The maximum atomic E-state index is 4.55. The SMILES string of the molecule is CCc1ccc(N(C)c2ccc(C(C)NC)cn2)cc1. The zero-order chi connectivity index (χ0) is 14.5. The zero-order valence-corrected chi connectivity index (χ0v) is 12.7. The Hall–Kier alpha value is -1.87. The third-order valence-electron chi connectivity index (χ3n) is 3.78. The lowest BCUT2D eigenvalue weighted by molar-refractivity contribution is 0.649. The summed E-state index contributed by atoms with van der Waals surface area (Å²) in [5, 5.41) is 3.22. The maximum Gasteiger partial charge on any atom is 0.132 e. The molecule has 0 aliphatic carbocycles. The zero-order valence-electron chi connectivity index (χ0n) is 12.7. The highest BCUT2D eigenvalue weighted by atomic mass is 15.2. The Morgan fingerprint density at radius 3 is 2.35 bits per heavy atom. The molecule has 0 fully saturated rings. The summed E-state index contributed by atoms with van der Waals surface area (Å²) < 4.78 is 0. The summed E-state index contributed by atoms with van der Waals surface area (Å²) in [6.07, 6.45) is 3.01. The van der Waals surface area contributed by atoms with Gasteiger partial charge in [0.15, 0.2) is 0 Å². The number of benzene rings is 1. The topological polar surface area (TPSA) is 28.2 Å². The Balaban J connectivity index is 2.17. The smallest absolute Gasteiger partial charge is 0.132 e. The van der Waals surface area contributed by atoms with E-state index in [0.29, 0.717) is 6.04 Å². The molecule has 0 saturated heterocycles. The molecule has 106 valence electrons. The van der Waals surface area contributed by atoms with Gasteiger partial charge in [0, 0.05) is 25.0 Å². The van der Waals surface area contributed by atoms with Gasteiger partial charge in [-0.3, -0.25) is 0 Å². The van der Waals surface area contributed by atoms with Gasteiger partial charge in [-0.25, -0.2) is 4.98 Å². The minimum Gasteiger partial charge on any atom is -0.329 e. The molecule has 3 heteroatoms. The van der Waals surface area contributed by atoms with E-state index in [1.54, 1.807) is 0 Å². The first-order valence-corrected chi connectivity index (χ1v) is 7.11. The summed E-state index contributed by atoms with van der Waals surface area (Å²) in [6, 6.07) is 13.1. The van der Waals surface area contributed by atoms with Gasteiger partial charge in [-0.05, 0) is 49.7 Å². The molecule has 1 unspecified atom stereocenters. The monoisotopic (exact) mass is 269 g/mol. The molecule has 0 aliphatic heterocycles. The van der Waals surface area contributed by atoms with E-state index in [2.05, 4.69) is 65.4 Å². The molecule has 0 radical (unpaired) electrons. The van der Waals surface area contributed by atoms with Gasteiger partial charge in [0.1, 0.15) is 5.82 Å². The van der Waals surface area contributed by atoms with Crippen LogP contribution in [0.3, 0.4) is 0 Å². The van der Waals surface area contributed by atoms with E-state index in [4.69, 9.17) is 0 Å². The second-order valence-electron chi connectivity index (χ2n) is 5.04. The van der Waals surface area contributed by atoms with Crippen molar-refractivity contribution in [3.8, 4) is 0 Å². The number of nitrogens with zero attached hydrogens (tertiary/aromatic N) is 2. The molecule has 0 spiro atoms. The van der Waals surface area contributed by atoms with Gasteiger partial charge in [-0.15, -0.1) is 0 Å². The molecule has 2 rings (SSSR count). The van der Waals surface area contributed by atoms with Crippen molar-refractivity contribution in [3.63, 3.8) is 0 Å². The van der Waals surface area contributed by atoms with Gasteiger partial charge in [0.25, 0.3) is 0 Å². The third kappa shape index (κ3) is 3.17. The molecular formula is C17H23N3. The van der Waals surface area contributed by atoms with E-state index in [1.165, 1.54) is 11.1 Å². The fraction of sp³-hybridized carbons (Fsp3) is 0.353. The average molecular weight is 269 g/mol. The summed E-state index contributed by atoms with van der Waals surface area (Å²) in [6.45, 7) is 4.30. The van der Waals surface area contributed by atoms with Crippen LogP contribution >= 0.6 is 0 Å². The van der Waals surface area contributed by atoms with Crippen molar-refractivity contribution >= 4 is 11.5 Å². The average Bonchev–Trinajstić information content (AvgIpc) is 2.53. The van der Waals surface area contributed by atoms with Crippen LogP contribution < -0.4 is 10.2 Å². The molecule has 1 N–H and O–H groups in total. The van der Waals surface area contributed by atoms with Gasteiger partial charge in [0.2, 0.25) is 0 Å². The second-order valence-corrected chi connectivity index (χ2v) is 5.04. The number of pyridine rings is 1. The standard InChI is InChI=1S/C17H23N3/c1-5-14-6-9-16(10-7-14)20(4)17-11-8-15(12-19-17)13(2)18-3/h6-13,18H,5H2,1-4H3. The minimum atomic E-state index is 0.325. The van der Waals surface area contributed by atoms with Crippen molar-refractivity contribution in [1.82, 2.24) is 10.3 Å². The van der Waals surface area contributed by atoms with Gasteiger partial charge in [0.05, 0.1) is 0 Å². The van der Waals surface area contributed by atoms with E-state index < -0.39 is 0 Å². The molecule has 0 saturated carbocycles. The fourth-order valence-electron chi connectivity index (χ4n) is 2.11. The molecule has 1 heterocycles. The van der Waals surface area contributed by atoms with Crippen LogP contribution in [0.1, 0.15) is 31.0 Å². The third-order valence-corrected chi connectivity index (χ3v) is 3.78. The molecule has 20 heavy (non-hydrogen) atoms. The molecule has 2 aromatic rings. The summed E-state index contributed by atoms with van der Waals surface area (Å²) in [7, 11) is 4.00. The highest BCUT2D eigenvalue weighted by Gasteiger charge is 2.07. The van der Waals surface area contributed by atoms with Crippen LogP contribution in [0.4, 0.5) is 11.5 Å². The largest absolute Gasteiger partial charge is 0.329 e. The van der Waals surface area contributed by atoms with Crippen LogP contribution in [-0.4, -0.2) is 19.1 Å². The van der Waals surface area contributed by atoms with Gasteiger partial charge >= 0.3 is 0 Å². The molecule has 0 aliphatic rings. The predicted molar refractivity (Wildman–Crippen MR) is 85.6 cm³/mol. The first-order chi connectivity index (χ1) is 9.65. The van der Waals surface area contributed by atoms with Crippen LogP contribution in [-0.2, 0) is 6.42 Å². The van der Waals surface area contributed by atoms with Gasteiger partial charge in [-0.1, -0.05) is 25.1 Å². The van der Waals surface area contributed by atoms with Crippen LogP contribution in [0, 0.1) is 0 Å². The maximum absolute atomic E-state index is 4.55. The highest BCUT2D eigenvalue weighted by molar-refractivity contribution is 5.59. The molecule has 3 nitrogen and oxygen atoms in total. The number of hydrogen-bond acceptors (Lipinski definition) is 3. The first kappa shape index (κ1) is 14.5. The Bertz CT molecular complexity index is 531. The molecule has 1 aromatic heterocycles. The Morgan fingerprint density at radius 2 is 1.85 bits per heavy atom. The number of rotatable bonds is 5. The number of hydrogen-bond donors (Lipinski definition) is 1. The lowest BCUT2D eigenvalue weighted by Crippen LogP contribution is -2.14. The van der Waals surface area contributed by atoms with Gasteiger partial charge in [-0.2, -0.15) is 0 Å². The van der Waals surface area contributed by atoms with Crippen molar-refractivity contribution in [2.75, 3.05) is 19.0 Å². The van der Waals surface area contributed by atoms with E-state index in [1.807, 2.05) is 20.3 Å². The van der Waals surface area contributed by atoms with E-state index >= 15 is 0 Å². The Morgan fingerprint density at radius 1 is 1.15 bits per heavy atom. The fourth-order valence-corrected chi connectivity index (χ4v) is 2.11. The summed E-state index contributed by atoms with van der Waals surface area (Å²) in [5.74, 6) is 0.960. The summed E-state index contributed by atoms with van der Waals surface area (Å²) in [4.78, 5) is 6.66. The molecule has 0 amide bonds. The second kappa shape index (κ2) is 6.53. The number of aromatic nitrogens is 1.